The minimum absolute atomic E-state index is 0.00113. The lowest BCUT2D eigenvalue weighted by Gasteiger charge is -2.12. The van der Waals surface area contributed by atoms with Crippen molar-refractivity contribution in [2.24, 2.45) is 0 Å². The topological polar surface area (TPSA) is 81.5 Å². The molecule has 0 aliphatic carbocycles. The van der Waals surface area contributed by atoms with Crippen molar-refractivity contribution in [3.05, 3.63) is 88.2 Å². The van der Waals surface area contributed by atoms with E-state index in [2.05, 4.69) is 5.32 Å². The Hall–Kier alpha value is -3.39. The molecule has 3 aromatic carbocycles. The highest BCUT2D eigenvalue weighted by Crippen LogP contribution is 2.32. The van der Waals surface area contributed by atoms with Gasteiger partial charge in [-0.15, -0.1) is 0 Å². The van der Waals surface area contributed by atoms with Gasteiger partial charge in [-0.05, 0) is 36.4 Å². The zero-order chi connectivity index (χ0) is 20.1. The first-order valence-electron chi connectivity index (χ1n) is 8.14. The molecule has 0 aliphatic rings. The van der Waals surface area contributed by atoms with Crippen LogP contribution in [0.15, 0.2) is 76.5 Å². The van der Waals surface area contributed by atoms with Gasteiger partial charge in [-0.25, -0.2) is 4.39 Å². The van der Waals surface area contributed by atoms with Crippen molar-refractivity contribution in [1.29, 1.82) is 0 Å². The minimum atomic E-state index is -0.469. The van der Waals surface area contributed by atoms with Gasteiger partial charge in [0.05, 0.1) is 23.3 Å². The van der Waals surface area contributed by atoms with Gasteiger partial charge in [0.1, 0.15) is 11.6 Å². The molecule has 0 radical (unpaired) electrons. The van der Waals surface area contributed by atoms with Gasteiger partial charge in [0.2, 0.25) is 0 Å². The lowest BCUT2D eigenvalue weighted by Crippen LogP contribution is -2.13. The van der Waals surface area contributed by atoms with Crippen LogP contribution in [0.1, 0.15) is 10.4 Å². The van der Waals surface area contributed by atoms with Crippen molar-refractivity contribution < 1.29 is 18.8 Å². The molecule has 0 spiro atoms. The Morgan fingerprint density at radius 1 is 1.11 bits per heavy atom. The summed E-state index contributed by atoms with van der Waals surface area (Å²) in [5.74, 6) is -0.632. The van der Waals surface area contributed by atoms with Crippen LogP contribution < -0.4 is 10.1 Å². The number of non-ortho nitro benzene ring substituents is 1. The summed E-state index contributed by atoms with van der Waals surface area (Å²) in [6.45, 7) is 0. The number of hydrogen-bond acceptors (Lipinski definition) is 5. The standard InChI is InChI=1S/C20H15FN2O4S/c1-27-18-12-13(21)6-11-17(18)22-20(24)16-4-2-3-5-19(16)28-15-9-7-14(8-10-15)23(25)26/h2-12H,1H3,(H,22,24). The molecule has 6 nitrogen and oxygen atoms in total. The number of nitro groups is 1. The van der Waals surface area contributed by atoms with Crippen LogP contribution in [0.4, 0.5) is 15.8 Å². The van der Waals surface area contributed by atoms with Crippen molar-refractivity contribution in [2.75, 3.05) is 12.4 Å². The molecule has 1 N–H and O–H groups in total. The van der Waals surface area contributed by atoms with Gasteiger partial charge in [0.15, 0.2) is 0 Å². The summed E-state index contributed by atoms with van der Waals surface area (Å²) >= 11 is 1.31. The van der Waals surface area contributed by atoms with Crippen molar-refractivity contribution in [3.63, 3.8) is 0 Å². The second-order valence-corrected chi connectivity index (χ2v) is 6.76. The number of anilines is 1. The summed E-state index contributed by atoms with van der Waals surface area (Å²) in [6.07, 6.45) is 0. The predicted octanol–water partition coefficient (Wildman–Crippen LogP) is 5.15. The Kier molecular flexibility index (Phi) is 5.90. The number of amides is 1. The third-order valence-electron chi connectivity index (χ3n) is 3.82. The van der Waals surface area contributed by atoms with Gasteiger partial charge in [-0.3, -0.25) is 14.9 Å². The molecule has 0 atom stereocenters. The quantitative estimate of drug-likeness (QED) is 0.459. The predicted molar refractivity (Wildman–Crippen MR) is 105 cm³/mol. The maximum absolute atomic E-state index is 13.3. The van der Waals surface area contributed by atoms with Crippen LogP contribution in [-0.2, 0) is 0 Å². The molecule has 0 heterocycles. The number of halogens is 1. The first-order valence-corrected chi connectivity index (χ1v) is 8.96. The fraction of sp³-hybridized carbons (Fsp3) is 0.0500. The van der Waals surface area contributed by atoms with Gasteiger partial charge < -0.3 is 10.1 Å². The van der Waals surface area contributed by atoms with Crippen LogP contribution in [0.25, 0.3) is 0 Å². The number of ether oxygens (including phenoxy) is 1. The minimum Gasteiger partial charge on any atom is -0.494 e. The van der Waals surface area contributed by atoms with Crippen LogP contribution >= 0.6 is 11.8 Å². The molecule has 0 unspecified atom stereocenters. The lowest BCUT2D eigenvalue weighted by atomic mass is 10.2. The molecule has 0 fully saturated rings. The second kappa shape index (κ2) is 8.53. The largest absolute Gasteiger partial charge is 0.494 e. The van der Waals surface area contributed by atoms with Gasteiger partial charge in [0.25, 0.3) is 11.6 Å². The van der Waals surface area contributed by atoms with Gasteiger partial charge >= 0.3 is 0 Å². The molecule has 0 aliphatic heterocycles. The molecule has 1 amide bonds. The maximum Gasteiger partial charge on any atom is 0.269 e. The maximum atomic E-state index is 13.3. The highest BCUT2D eigenvalue weighted by molar-refractivity contribution is 7.99. The normalized spacial score (nSPS) is 10.4. The first-order chi connectivity index (χ1) is 13.5. The van der Waals surface area contributed by atoms with E-state index in [1.54, 1.807) is 36.4 Å². The van der Waals surface area contributed by atoms with Crippen LogP contribution in [-0.4, -0.2) is 17.9 Å². The number of hydrogen-bond donors (Lipinski definition) is 1. The van der Waals surface area contributed by atoms with Gasteiger partial charge in [-0.2, -0.15) is 0 Å². The summed E-state index contributed by atoms with van der Waals surface area (Å²) in [5.41, 5.74) is 0.764. The molecule has 3 rings (SSSR count). The zero-order valence-corrected chi connectivity index (χ0v) is 15.5. The van der Waals surface area contributed by atoms with E-state index < -0.39 is 10.7 Å². The Morgan fingerprint density at radius 3 is 2.50 bits per heavy atom. The van der Waals surface area contributed by atoms with Crippen LogP contribution in [0.5, 0.6) is 5.75 Å². The molecular weight excluding hydrogens is 383 g/mol. The van der Waals surface area contributed by atoms with E-state index in [0.29, 0.717) is 16.1 Å². The number of carbonyl (C=O) groups excluding carboxylic acids is 1. The summed E-state index contributed by atoms with van der Waals surface area (Å²) in [6, 6.07) is 16.9. The Morgan fingerprint density at radius 2 is 1.82 bits per heavy atom. The van der Waals surface area contributed by atoms with Crippen LogP contribution in [0, 0.1) is 15.9 Å². The molecule has 8 heteroatoms. The molecule has 142 valence electrons. The summed E-state index contributed by atoms with van der Waals surface area (Å²) in [4.78, 5) is 24.5. The highest BCUT2D eigenvalue weighted by atomic mass is 32.2. The summed E-state index contributed by atoms with van der Waals surface area (Å²) < 4.78 is 18.4. The number of nitrogens with zero attached hydrogens (tertiary/aromatic N) is 1. The van der Waals surface area contributed by atoms with Gasteiger partial charge in [-0.1, -0.05) is 23.9 Å². The average Bonchev–Trinajstić information content (AvgIpc) is 2.70. The monoisotopic (exact) mass is 398 g/mol. The second-order valence-electron chi connectivity index (χ2n) is 5.65. The molecule has 0 saturated heterocycles. The average molecular weight is 398 g/mol. The first kappa shape index (κ1) is 19.4. The number of methoxy groups -OCH3 is 1. The van der Waals surface area contributed by atoms with Crippen molar-refractivity contribution in [2.45, 2.75) is 9.79 Å². The third kappa shape index (κ3) is 4.47. The number of nitrogens with one attached hydrogen (secondary N) is 1. The summed E-state index contributed by atoms with van der Waals surface area (Å²) in [5, 5.41) is 13.5. The van der Waals surface area contributed by atoms with Gasteiger partial charge in [0, 0.05) is 28.0 Å². The van der Waals surface area contributed by atoms with Crippen molar-refractivity contribution in [3.8, 4) is 5.75 Å². The van der Waals surface area contributed by atoms with Crippen LogP contribution in [0.3, 0.4) is 0 Å². The molecule has 0 aromatic heterocycles. The molecule has 28 heavy (non-hydrogen) atoms. The molecule has 0 saturated carbocycles. The molecular formula is C20H15FN2O4S. The summed E-state index contributed by atoms with van der Waals surface area (Å²) in [7, 11) is 1.39. The Balaban J connectivity index is 1.83. The fourth-order valence-corrected chi connectivity index (χ4v) is 3.41. The highest BCUT2D eigenvalue weighted by Gasteiger charge is 2.15. The van der Waals surface area contributed by atoms with E-state index in [4.69, 9.17) is 4.74 Å². The molecule has 3 aromatic rings. The lowest BCUT2D eigenvalue weighted by molar-refractivity contribution is -0.384. The van der Waals surface area contributed by atoms with E-state index in [0.717, 1.165) is 4.90 Å². The van der Waals surface area contributed by atoms with E-state index in [1.807, 2.05) is 0 Å². The third-order valence-corrected chi connectivity index (χ3v) is 4.90. The number of carbonyl (C=O) groups is 1. The van der Waals surface area contributed by atoms with E-state index in [9.17, 15) is 19.3 Å². The number of rotatable bonds is 6. The van der Waals surface area contributed by atoms with E-state index in [1.165, 1.54) is 49.2 Å². The van der Waals surface area contributed by atoms with E-state index >= 15 is 0 Å². The van der Waals surface area contributed by atoms with Crippen molar-refractivity contribution >= 4 is 29.0 Å². The fourth-order valence-electron chi connectivity index (χ4n) is 2.46. The van der Waals surface area contributed by atoms with E-state index in [-0.39, 0.29) is 17.3 Å². The van der Waals surface area contributed by atoms with Crippen molar-refractivity contribution in [1.82, 2.24) is 0 Å². The smallest absolute Gasteiger partial charge is 0.269 e. The van der Waals surface area contributed by atoms with Crippen LogP contribution in [0.2, 0.25) is 0 Å². The Bertz CT molecular complexity index is 1020. The SMILES string of the molecule is COc1cc(F)ccc1NC(=O)c1ccccc1Sc1ccc([N+](=O)[O-])cc1. The zero-order valence-electron chi connectivity index (χ0n) is 14.7. The molecule has 0 bridgehead atoms. The number of benzene rings is 3. The number of nitro benzene ring substituents is 1. The Labute approximate surface area is 164 Å².